The molecule has 0 fully saturated rings. The molecule has 1 aromatic heterocycles. The zero-order chi connectivity index (χ0) is 24.2. The molecule has 0 unspecified atom stereocenters. The lowest BCUT2D eigenvalue weighted by atomic mass is 9.89. The van der Waals surface area contributed by atoms with Crippen molar-refractivity contribution in [1.82, 2.24) is 0 Å². The van der Waals surface area contributed by atoms with Crippen molar-refractivity contribution in [2.24, 2.45) is 0 Å². The van der Waals surface area contributed by atoms with Gasteiger partial charge in [-0.3, -0.25) is 0 Å². The number of nitrogens with zero attached hydrogens (tertiary/aromatic N) is 2. The summed E-state index contributed by atoms with van der Waals surface area (Å²) < 4.78 is 2.05. The highest BCUT2D eigenvalue weighted by Crippen LogP contribution is 2.44. The van der Waals surface area contributed by atoms with Crippen LogP contribution in [0.4, 0.5) is 5.69 Å². The Morgan fingerprint density at radius 1 is 1.09 bits per heavy atom. The highest BCUT2D eigenvalue weighted by atomic mass is 32.1. The molecule has 0 radical (unpaired) electrons. The van der Waals surface area contributed by atoms with Gasteiger partial charge in [0.05, 0.1) is 10.8 Å². The Balaban J connectivity index is 2.14. The van der Waals surface area contributed by atoms with E-state index in [0.717, 1.165) is 39.4 Å². The van der Waals surface area contributed by atoms with E-state index in [1.807, 2.05) is 52.5 Å². The number of anilines is 1. The van der Waals surface area contributed by atoms with Gasteiger partial charge in [0.1, 0.15) is 27.0 Å². The second-order valence-corrected chi connectivity index (χ2v) is 14.6. The number of carbonyl (C=O) groups excluding carboxylic acids is 1. The first kappa shape index (κ1) is 22.9. The second-order valence-electron chi connectivity index (χ2n) is 9.19. The molecule has 0 atom stereocenters. The molecule has 4 rings (SSSR count). The van der Waals surface area contributed by atoms with Crippen molar-refractivity contribution in [3.8, 4) is 0 Å². The van der Waals surface area contributed by atoms with Crippen molar-refractivity contribution in [2.45, 2.75) is 13.1 Å². The van der Waals surface area contributed by atoms with Gasteiger partial charge in [0.25, 0.3) is 0 Å². The zero-order valence-electron chi connectivity index (χ0n) is 19.5. The van der Waals surface area contributed by atoms with Gasteiger partial charge in [-0.25, -0.2) is 9.37 Å². The molecule has 0 bridgehead atoms. The molecule has 2 aromatic rings. The lowest BCUT2D eigenvalue weighted by molar-refractivity contribution is -0.462. The van der Waals surface area contributed by atoms with Gasteiger partial charge in [-0.2, -0.15) is 0 Å². The molecule has 8 heteroatoms. The molecule has 170 valence electrons. The molecule has 0 spiro atoms. The Morgan fingerprint density at radius 3 is 2.36 bits per heavy atom. The monoisotopic (exact) mass is 478 g/mol. The van der Waals surface area contributed by atoms with Crippen LogP contribution >= 0.6 is 11.3 Å². The van der Waals surface area contributed by atoms with Gasteiger partial charge >= 0.3 is 5.97 Å². The van der Waals surface area contributed by atoms with Crippen molar-refractivity contribution in [1.29, 1.82) is 0 Å². The lowest BCUT2D eigenvalue weighted by Crippen LogP contribution is -2.49. The fourth-order valence-corrected chi connectivity index (χ4v) is 8.42. The van der Waals surface area contributed by atoms with Crippen molar-refractivity contribution in [3.63, 3.8) is 0 Å². The largest absolute Gasteiger partial charge is 0.544 e. The number of hydrogen-bond acceptors (Lipinski definition) is 5. The third kappa shape index (κ3) is 3.69. The summed E-state index contributed by atoms with van der Waals surface area (Å²) in [6, 6.07) is 7.71. The zero-order valence-corrected chi connectivity index (χ0v) is 21.3. The Labute approximate surface area is 198 Å². The number of carbonyl (C=O) groups is 2. The van der Waals surface area contributed by atoms with E-state index in [1.54, 1.807) is 0 Å². The van der Waals surface area contributed by atoms with E-state index in [9.17, 15) is 19.8 Å². The summed E-state index contributed by atoms with van der Waals surface area (Å²) in [5.74, 6) is -2.51. The summed E-state index contributed by atoms with van der Waals surface area (Å²) in [4.78, 5) is 25.7. The van der Waals surface area contributed by atoms with Gasteiger partial charge in [0.15, 0.2) is 5.71 Å². The molecule has 6 nitrogen and oxygen atoms in total. The fourth-order valence-electron chi connectivity index (χ4n) is 4.51. The number of benzene rings is 1. The van der Waals surface area contributed by atoms with E-state index in [-0.39, 0.29) is 9.75 Å². The normalized spacial score (nSPS) is 16.2. The molecular weight excluding hydrogens is 452 g/mol. The van der Waals surface area contributed by atoms with Crippen LogP contribution in [0, 0.1) is 0 Å². The Morgan fingerprint density at radius 2 is 1.79 bits per heavy atom. The number of thiophene rings is 1. The number of rotatable bonds is 4. The van der Waals surface area contributed by atoms with E-state index in [2.05, 4.69) is 34.7 Å². The molecule has 2 heterocycles. The Kier molecular flexibility index (Phi) is 5.54. The Hall–Kier alpha value is -3.23. The highest BCUT2D eigenvalue weighted by Gasteiger charge is 2.41. The summed E-state index contributed by atoms with van der Waals surface area (Å²) in [6.45, 7) is 4.61. The number of carboxylic acids is 2. The first-order valence-electron chi connectivity index (χ1n) is 10.5. The molecule has 1 aliphatic carbocycles. The number of hydrogen-bond donors (Lipinski definition) is 1. The van der Waals surface area contributed by atoms with Crippen LogP contribution in [0.3, 0.4) is 0 Å². The number of fused-ring (bicyclic) bond motifs is 2. The lowest BCUT2D eigenvalue weighted by Gasteiger charge is -2.38. The molecule has 1 aromatic carbocycles. The van der Waals surface area contributed by atoms with Crippen LogP contribution < -0.4 is 15.2 Å². The van der Waals surface area contributed by atoms with Crippen LogP contribution in [0.25, 0.3) is 5.57 Å². The van der Waals surface area contributed by atoms with Crippen LogP contribution in [0.15, 0.2) is 53.3 Å². The summed E-state index contributed by atoms with van der Waals surface area (Å²) >= 11 is 0.747. The van der Waals surface area contributed by atoms with Gasteiger partial charge in [0, 0.05) is 37.5 Å². The van der Waals surface area contributed by atoms with E-state index >= 15 is 0 Å². The molecule has 1 aliphatic heterocycles. The standard InChI is InChI=1S/C25H26N2O4SSi/c1-26(2)14-7-9-16-20(11-14)33(5,6)21-12-15(27(3)4)8-10-17(21)22(16)18-13-19(24(28)29)32-23(18)25(30)31/h7-13H,1-6H3,(H-,28,29,30,31). The van der Waals surface area contributed by atoms with Gasteiger partial charge < -0.3 is 19.9 Å². The van der Waals surface area contributed by atoms with Crippen molar-refractivity contribution in [3.05, 3.63) is 74.1 Å². The minimum atomic E-state index is -2.17. The average molecular weight is 479 g/mol. The third-order valence-corrected chi connectivity index (χ3v) is 10.9. The van der Waals surface area contributed by atoms with Crippen LogP contribution in [0.5, 0.6) is 0 Å². The van der Waals surface area contributed by atoms with E-state index in [4.69, 9.17) is 0 Å². The molecule has 2 aliphatic rings. The first-order valence-corrected chi connectivity index (χ1v) is 14.4. The number of allylic oxidation sites excluding steroid dienone is 5. The van der Waals surface area contributed by atoms with Crippen LogP contribution in [-0.4, -0.2) is 63.6 Å². The van der Waals surface area contributed by atoms with Crippen LogP contribution in [-0.2, 0) is 0 Å². The predicted molar refractivity (Wildman–Crippen MR) is 134 cm³/mol. The van der Waals surface area contributed by atoms with Crippen molar-refractivity contribution < 1.29 is 24.4 Å². The maximum Gasteiger partial charge on any atom is 0.346 e. The van der Waals surface area contributed by atoms with E-state index in [0.29, 0.717) is 5.56 Å². The summed E-state index contributed by atoms with van der Waals surface area (Å²) in [5.41, 5.74) is 5.26. The molecule has 0 amide bonds. The van der Waals surface area contributed by atoms with E-state index < -0.39 is 20.0 Å². The quantitative estimate of drug-likeness (QED) is 0.539. The van der Waals surface area contributed by atoms with Gasteiger partial charge in [-0.1, -0.05) is 19.2 Å². The average Bonchev–Trinajstić information content (AvgIpc) is 3.19. The highest BCUT2D eigenvalue weighted by molar-refractivity contribution is 7.16. The number of aromatic carboxylic acids is 2. The predicted octanol–water partition coefficient (Wildman–Crippen LogP) is 2.36. The molecule has 0 saturated carbocycles. The van der Waals surface area contributed by atoms with E-state index in [1.165, 1.54) is 16.4 Å². The molecule has 1 N–H and O–H groups in total. The maximum absolute atomic E-state index is 12.1. The van der Waals surface area contributed by atoms with Crippen molar-refractivity contribution >= 4 is 53.5 Å². The fraction of sp³-hybridized carbons (Fsp3) is 0.240. The van der Waals surface area contributed by atoms with Gasteiger partial charge in [-0.05, 0) is 51.4 Å². The van der Waals surface area contributed by atoms with Crippen molar-refractivity contribution in [2.75, 3.05) is 33.1 Å². The second kappa shape index (κ2) is 7.97. The summed E-state index contributed by atoms with van der Waals surface area (Å²) in [6.07, 6.45) is 6.26. The SMILES string of the molecule is CN(C)c1ccc2c(c1)[Si](C)(C)C1=CC(=[N+](C)C)C=CC1=C2c1cc(C(=O)[O-])sc1C(=O)O. The Bertz CT molecular complexity index is 1340. The number of carboxylic acid groups (broad SMARTS) is 2. The molecule has 0 saturated heterocycles. The minimum absolute atomic E-state index is 0.0100. The smallest absolute Gasteiger partial charge is 0.346 e. The third-order valence-electron chi connectivity index (χ3n) is 6.32. The maximum atomic E-state index is 12.1. The summed E-state index contributed by atoms with van der Waals surface area (Å²) in [5, 5.41) is 23.9. The van der Waals surface area contributed by atoms with Gasteiger partial charge in [0.2, 0.25) is 0 Å². The molecule has 33 heavy (non-hydrogen) atoms. The van der Waals surface area contributed by atoms with Crippen LogP contribution in [0.1, 0.15) is 30.5 Å². The first-order chi connectivity index (χ1) is 15.4. The summed E-state index contributed by atoms with van der Waals surface area (Å²) in [7, 11) is 5.81. The van der Waals surface area contributed by atoms with Gasteiger partial charge in [-0.15, -0.1) is 11.3 Å². The van der Waals surface area contributed by atoms with Crippen LogP contribution in [0.2, 0.25) is 13.1 Å². The minimum Gasteiger partial charge on any atom is -0.544 e. The topological polar surface area (TPSA) is 83.7 Å². The molecular formula is C25H26N2O4SSi.